The molecule has 0 atom stereocenters. The van der Waals surface area contributed by atoms with Crippen molar-refractivity contribution in [2.45, 2.75) is 19.0 Å². The highest BCUT2D eigenvalue weighted by Gasteiger charge is 2.34. The van der Waals surface area contributed by atoms with E-state index in [1.807, 2.05) is 0 Å². The first kappa shape index (κ1) is 14.3. The molecule has 0 spiro atoms. The van der Waals surface area contributed by atoms with Crippen LogP contribution in [0.25, 0.3) is 10.6 Å². The topological polar surface area (TPSA) is 12.9 Å². The van der Waals surface area contributed by atoms with Crippen LogP contribution < -0.4 is 0 Å². The molecule has 19 heavy (non-hydrogen) atoms. The Morgan fingerprint density at radius 3 is 2.53 bits per heavy atom. The Labute approximate surface area is 115 Å². The van der Waals surface area contributed by atoms with Gasteiger partial charge in [-0.25, -0.2) is 9.37 Å². The number of thiazole rings is 1. The van der Waals surface area contributed by atoms with E-state index in [9.17, 15) is 17.6 Å². The lowest BCUT2D eigenvalue weighted by Gasteiger charge is -2.08. The first-order chi connectivity index (χ1) is 8.82. The van der Waals surface area contributed by atoms with Crippen LogP contribution in [0.4, 0.5) is 17.6 Å². The van der Waals surface area contributed by atoms with E-state index in [1.54, 1.807) is 6.92 Å². The number of nitrogens with zero attached hydrogens (tertiary/aromatic N) is 1. The molecule has 0 aliphatic rings. The second-order valence-electron chi connectivity index (χ2n) is 3.85. The summed E-state index contributed by atoms with van der Waals surface area (Å²) in [5.74, 6) is -1.04. The van der Waals surface area contributed by atoms with Gasteiger partial charge in [0.1, 0.15) is 10.8 Å². The molecule has 1 aromatic heterocycles. The molecule has 0 radical (unpaired) electrons. The molecule has 1 aromatic carbocycles. The SMILES string of the molecule is Cc1nc(-c2ccc(F)c(C(F)(F)F)c2)sc1CCl. The lowest BCUT2D eigenvalue weighted by molar-refractivity contribution is -0.139. The summed E-state index contributed by atoms with van der Waals surface area (Å²) < 4.78 is 51.0. The van der Waals surface area contributed by atoms with Crippen molar-refractivity contribution in [1.29, 1.82) is 0 Å². The number of aromatic nitrogens is 1. The smallest absolute Gasteiger partial charge is 0.241 e. The molecule has 1 heterocycles. The molecule has 0 fully saturated rings. The number of benzene rings is 1. The zero-order valence-corrected chi connectivity index (χ0v) is 11.3. The molecule has 1 nitrogen and oxygen atoms in total. The Morgan fingerprint density at radius 2 is 2.00 bits per heavy atom. The van der Waals surface area contributed by atoms with Gasteiger partial charge in [0.2, 0.25) is 0 Å². The van der Waals surface area contributed by atoms with Crippen LogP contribution in [-0.2, 0) is 12.1 Å². The van der Waals surface area contributed by atoms with E-state index < -0.39 is 17.6 Å². The predicted octanol–water partition coefficient (Wildman–Crippen LogP) is 5.02. The fourth-order valence-electron chi connectivity index (χ4n) is 1.55. The summed E-state index contributed by atoms with van der Waals surface area (Å²) in [5, 5.41) is 0.402. The Bertz CT molecular complexity index is 606. The fourth-order valence-corrected chi connectivity index (χ4v) is 2.82. The number of alkyl halides is 4. The van der Waals surface area contributed by atoms with Gasteiger partial charge >= 0.3 is 6.18 Å². The minimum absolute atomic E-state index is 0.234. The average Bonchev–Trinajstić information content (AvgIpc) is 2.69. The van der Waals surface area contributed by atoms with Crippen molar-refractivity contribution in [1.82, 2.24) is 4.98 Å². The maximum atomic E-state index is 13.2. The zero-order chi connectivity index (χ0) is 14.2. The molecule has 0 aliphatic carbocycles. The van der Waals surface area contributed by atoms with Crippen molar-refractivity contribution in [3.63, 3.8) is 0 Å². The number of hydrogen-bond donors (Lipinski definition) is 0. The standard InChI is InChI=1S/C12H8ClF4NS/c1-6-10(5-13)19-11(18-6)7-2-3-9(14)8(4-7)12(15,16)17/h2-4H,5H2,1H3. The quantitative estimate of drug-likeness (QED) is 0.561. The van der Waals surface area contributed by atoms with E-state index in [4.69, 9.17) is 11.6 Å². The van der Waals surface area contributed by atoms with E-state index in [-0.39, 0.29) is 11.4 Å². The van der Waals surface area contributed by atoms with E-state index in [1.165, 1.54) is 17.4 Å². The van der Waals surface area contributed by atoms with Crippen LogP contribution in [0.2, 0.25) is 0 Å². The van der Waals surface area contributed by atoms with Crippen molar-refractivity contribution in [3.8, 4) is 10.6 Å². The van der Waals surface area contributed by atoms with Crippen molar-refractivity contribution in [2.24, 2.45) is 0 Å². The summed E-state index contributed by atoms with van der Waals surface area (Å²) in [5.41, 5.74) is -0.378. The highest BCUT2D eigenvalue weighted by atomic mass is 35.5. The number of aryl methyl sites for hydroxylation is 1. The van der Waals surface area contributed by atoms with E-state index in [0.29, 0.717) is 10.7 Å². The molecular formula is C12H8ClF4NS. The molecule has 0 unspecified atom stereocenters. The minimum Gasteiger partial charge on any atom is -0.241 e. The van der Waals surface area contributed by atoms with Gasteiger partial charge < -0.3 is 0 Å². The predicted molar refractivity (Wildman–Crippen MR) is 66.8 cm³/mol. The molecule has 0 bridgehead atoms. The molecule has 0 saturated carbocycles. The van der Waals surface area contributed by atoms with Crippen LogP contribution in [0.5, 0.6) is 0 Å². The molecule has 0 aliphatic heterocycles. The molecule has 0 amide bonds. The molecule has 102 valence electrons. The van der Waals surface area contributed by atoms with E-state index in [0.717, 1.165) is 17.0 Å². The second kappa shape index (κ2) is 5.09. The van der Waals surface area contributed by atoms with Gasteiger partial charge in [-0.1, -0.05) is 0 Å². The number of halogens is 5. The largest absolute Gasteiger partial charge is 0.419 e. The Kier molecular flexibility index (Phi) is 3.82. The van der Waals surface area contributed by atoms with Gasteiger partial charge in [-0.2, -0.15) is 13.2 Å². The molecule has 7 heteroatoms. The lowest BCUT2D eigenvalue weighted by Crippen LogP contribution is -2.08. The first-order valence-corrected chi connectivity index (χ1v) is 6.57. The van der Waals surface area contributed by atoms with Gasteiger partial charge in [0.25, 0.3) is 0 Å². The van der Waals surface area contributed by atoms with Gasteiger partial charge in [-0.05, 0) is 25.1 Å². The average molecular weight is 310 g/mol. The fraction of sp³-hybridized carbons (Fsp3) is 0.250. The summed E-state index contributed by atoms with van der Waals surface area (Å²) in [4.78, 5) is 4.94. The van der Waals surface area contributed by atoms with Crippen LogP contribution in [0, 0.1) is 12.7 Å². The van der Waals surface area contributed by atoms with Gasteiger partial charge in [0.15, 0.2) is 0 Å². The highest BCUT2D eigenvalue weighted by Crippen LogP contribution is 2.36. The van der Waals surface area contributed by atoms with E-state index in [2.05, 4.69) is 4.98 Å². The van der Waals surface area contributed by atoms with Crippen molar-refractivity contribution in [2.75, 3.05) is 0 Å². The minimum atomic E-state index is -4.72. The van der Waals surface area contributed by atoms with Gasteiger partial charge in [0, 0.05) is 10.4 Å². The van der Waals surface area contributed by atoms with Crippen LogP contribution in [-0.4, -0.2) is 4.98 Å². The summed E-state index contributed by atoms with van der Waals surface area (Å²) in [6.07, 6.45) is -4.72. The van der Waals surface area contributed by atoms with Crippen molar-refractivity contribution in [3.05, 3.63) is 40.2 Å². The van der Waals surface area contributed by atoms with Crippen molar-refractivity contribution < 1.29 is 17.6 Å². The van der Waals surface area contributed by atoms with Gasteiger partial charge in [-0.3, -0.25) is 0 Å². The molecular weight excluding hydrogens is 302 g/mol. The third-order valence-corrected chi connectivity index (χ3v) is 4.16. The van der Waals surface area contributed by atoms with Crippen LogP contribution in [0.1, 0.15) is 16.1 Å². The van der Waals surface area contributed by atoms with Gasteiger partial charge in [0.05, 0.1) is 17.1 Å². The molecule has 0 N–H and O–H groups in total. The zero-order valence-electron chi connectivity index (χ0n) is 9.68. The second-order valence-corrected chi connectivity index (χ2v) is 5.20. The Balaban J connectivity index is 2.51. The summed E-state index contributed by atoms with van der Waals surface area (Å²) in [6, 6.07) is 2.85. The highest BCUT2D eigenvalue weighted by molar-refractivity contribution is 7.15. The first-order valence-electron chi connectivity index (χ1n) is 5.22. The summed E-state index contributed by atoms with van der Waals surface area (Å²) >= 11 is 6.90. The summed E-state index contributed by atoms with van der Waals surface area (Å²) in [7, 11) is 0. The van der Waals surface area contributed by atoms with E-state index >= 15 is 0 Å². The monoisotopic (exact) mass is 309 g/mol. The summed E-state index contributed by atoms with van der Waals surface area (Å²) in [6.45, 7) is 1.73. The maximum Gasteiger partial charge on any atom is 0.419 e. The maximum absolute atomic E-state index is 13.2. The Morgan fingerprint density at radius 1 is 1.32 bits per heavy atom. The van der Waals surface area contributed by atoms with Crippen LogP contribution >= 0.6 is 22.9 Å². The normalized spacial score (nSPS) is 11.9. The lowest BCUT2D eigenvalue weighted by atomic mass is 10.1. The number of hydrogen-bond acceptors (Lipinski definition) is 2. The van der Waals surface area contributed by atoms with Crippen molar-refractivity contribution >= 4 is 22.9 Å². The Hall–Kier alpha value is -1.14. The van der Waals surface area contributed by atoms with Crippen LogP contribution in [0.3, 0.4) is 0 Å². The van der Waals surface area contributed by atoms with Crippen LogP contribution in [0.15, 0.2) is 18.2 Å². The van der Waals surface area contributed by atoms with Gasteiger partial charge in [-0.15, -0.1) is 22.9 Å². The molecule has 2 aromatic rings. The molecule has 2 rings (SSSR count). The third-order valence-electron chi connectivity index (χ3n) is 2.53. The number of rotatable bonds is 2. The third kappa shape index (κ3) is 2.90. The molecule has 0 saturated heterocycles.